The number of carbonyl (C=O) groups excluding carboxylic acids is 1. The van der Waals surface area contributed by atoms with E-state index in [0.29, 0.717) is 34.5 Å². The molecule has 0 fully saturated rings. The lowest BCUT2D eigenvalue weighted by Crippen LogP contribution is -2.20. The molecule has 4 rings (SSSR count). The van der Waals surface area contributed by atoms with E-state index in [0.717, 1.165) is 5.56 Å². The van der Waals surface area contributed by atoms with Gasteiger partial charge in [0.25, 0.3) is 5.56 Å². The number of nitrogens with one attached hydrogen (secondary N) is 2. The largest absolute Gasteiger partial charge is 0.493 e. The zero-order valence-corrected chi connectivity index (χ0v) is 17.7. The van der Waals surface area contributed by atoms with Gasteiger partial charge < -0.3 is 19.2 Å². The minimum atomic E-state index is -0.329. The second-order valence-corrected chi connectivity index (χ2v) is 6.93. The van der Waals surface area contributed by atoms with Gasteiger partial charge in [-0.15, -0.1) is 0 Å². The van der Waals surface area contributed by atoms with Crippen LogP contribution in [0, 0.1) is 6.92 Å². The predicted molar refractivity (Wildman–Crippen MR) is 116 cm³/mol. The van der Waals surface area contributed by atoms with Crippen molar-refractivity contribution in [3.8, 4) is 28.9 Å². The first-order valence-corrected chi connectivity index (χ1v) is 9.70. The van der Waals surface area contributed by atoms with Crippen molar-refractivity contribution in [1.82, 2.24) is 19.7 Å². The Morgan fingerprint density at radius 2 is 1.97 bits per heavy atom. The van der Waals surface area contributed by atoms with Crippen LogP contribution in [0.25, 0.3) is 17.4 Å². The maximum Gasteiger partial charge on any atom is 0.252 e. The molecule has 10 nitrogen and oxygen atoms in total. The number of H-pyrrole nitrogens is 1. The number of benzene rings is 1. The molecule has 3 aromatic heterocycles. The topological polar surface area (TPSA) is 124 Å². The minimum Gasteiger partial charge on any atom is -0.493 e. The Bertz CT molecular complexity index is 1310. The standard InChI is InChI=1S/C22H21N5O5/c1-13-9-20(28)25-22(23-13)27-19(12-15(26-27)16-5-4-8-32-16)24-21(29)11-14-6-7-17(30-2)18(10-14)31-3/h4-10,12H,11H2,1-3H3,(H,24,29)(H,23,25,28). The monoisotopic (exact) mass is 435 g/mol. The number of hydrogen-bond acceptors (Lipinski definition) is 7. The third kappa shape index (κ3) is 4.38. The molecular formula is C22H21N5O5. The van der Waals surface area contributed by atoms with Gasteiger partial charge in [0.15, 0.2) is 17.3 Å². The van der Waals surface area contributed by atoms with Crippen molar-refractivity contribution < 1.29 is 18.7 Å². The number of hydrogen-bond donors (Lipinski definition) is 2. The van der Waals surface area contributed by atoms with E-state index in [-0.39, 0.29) is 23.8 Å². The summed E-state index contributed by atoms with van der Waals surface area (Å²) in [6.07, 6.45) is 1.61. The average Bonchev–Trinajstić information content (AvgIpc) is 3.43. The lowest BCUT2D eigenvalue weighted by molar-refractivity contribution is -0.115. The summed E-state index contributed by atoms with van der Waals surface area (Å²) in [7, 11) is 3.08. The van der Waals surface area contributed by atoms with Crippen LogP contribution in [0.5, 0.6) is 11.5 Å². The number of aryl methyl sites for hydroxylation is 1. The molecular weight excluding hydrogens is 414 g/mol. The smallest absolute Gasteiger partial charge is 0.252 e. The Labute approximate surface area is 182 Å². The van der Waals surface area contributed by atoms with Gasteiger partial charge in [-0.2, -0.15) is 9.78 Å². The summed E-state index contributed by atoms with van der Waals surface area (Å²) in [5.74, 6) is 1.83. The van der Waals surface area contributed by atoms with E-state index in [1.165, 1.54) is 24.1 Å². The van der Waals surface area contributed by atoms with Crippen molar-refractivity contribution in [3.63, 3.8) is 0 Å². The van der Waals surface area contributed by atoms with E-state index in [2.05, 4.69) is 20.4 Å². The molecule has 32 heavy (non-hydrogen) atoms. The van der Waals surface area contributed by atoms with E-state index in [4.69, 9.17) is 13.9 Å². The quantitative estimate of drug-likeness (QED) is 0.457. The van der Waals surface area contributed by atoms with Crippen molar-refractivity contribution in [3.05, 3.63) is 70.3 Å². The normalized spacial score (nSPS) is 10.7. The van der Waals surface area contributed by atoms with Crippen molar-refractivity contribution in [1.29, 1.82) is 0 Å². The summed E-state index contributed by atoms with van der Waals surface area (Å²) in [4.78, 5) is 31.7. The number of amides is 1. The second kappa shape index (κ2) is 8.80. The third-order valence-corrected chi connectivity index (χ3v) is 4.62. The summed E-state index contributed by atoms with van der Waals surface area (Å²) in [5, 5.41) is 7.28. The van der Waals surface area contributed by atoms with Crippen LogP contribution in [0.2, 0.25) is 0 Å². The van der Waals surface area contributed by atoms with E-state index in [1.807, 2.05) is 0 Å². The SMILES string of the molecule is COc1ccc(CC(=O)Nc2cc(-c3ccco3)nn2-c2nc(C)cc(=O)[nH]2)cc1OC. The van der Waals surface area contributed by atoms with Gasteiger partial charge in [0, 0.05) is 17.8 Å². The van der Waals surface area contributed by atoms with Crippen LogP contribution >= 0.6 is 0 Å². The van der Waals surface area contributed by atoms with Gasteiger partial charge in [-0.3, -0.25) is 14.6 Å². The van der Waals surface area contributed by atoms with Crippen molar-refractivity contribution >= 4 is 11.7 Å². The number of ether oxygens (including phenoxy) is 2. The first-order chi connectivity index (χ1) is 15.5. The first-order valence-electron chi connectivity index (χ1n) is 9.70. The molecule has 0 saturated carbocycles. The third-order valence-electron chi connectivity index (χ3n) is 4.62. The molecule has 0 bridgehead atoms. The molecule has 0 aliphatic rings. The highest BCUT2D eigenvalue weighted by atomic mass is 16.5. The fourth-order valence-corrected chi connectivity index (χ4v) is 3.20. The van der Waals surface area contributed by atoms with Crippen LogP contribution in [0.15, 0.2) is 57.9 Å². The molecule has 10 heteroatoms. The van der Waals surface area contributed by atoms with Gasteiger partial charge in [0.1, 0.15) is 11.5 Å². The molecule has 0 aliphatic heterocycles. The molecule has 0 radical (unpaired) electrons. The van der Waals surface area contributed by atoms with Gasteiger partial charge >= 0.3 is 0 Å². The van der Waals surface area contributed by atoms with Crippen LogP contribution in [0.1, 0.15) is 11.3 Å². The summed E-state index contributed by atoms with van der Waals surface area (Å²) in [6, 6.07) is 11.8. The fourth-order valence-electron chi connectivity index (χ4n) is 3.20. The zero-order chi connectivity index (χ0) is 22.7. The van der Waals surface area contributed by atoms with Crippen molar-refractivity contribution in [2.24, 2.45) is 0 Å². The molecule has 0 unspecified atom stereocenters. The molecule has 0 spiro atoms. The van der Waals surface area contributed by atoms with Gasteiger partial charge in [0.05, 0.1) is 26.9 Å². The highest BCUT2D eigenvalue weighted by Crippen LogP contribution is 2.28. The Hall–Kier alpha value is -4.34. The van der Waals surface area contributed by atoms with Crippen molar-refractivity contribution in [2.75, 3.05) is 19.5 Å². The molecule has 4 aromatic rings. The molecule has 1 aromatic carbocycles. The number of rotatable bonds is 7. The van der Waals surface area contributed by atoms with Gasteiger partial charge in [-0.1, -0.05) is 6.07 Å². The van der Waals surface area contributed by atoms with E-state index in [9.17, 15) is 9.59 Å². The molecule has 0 aliphatic carbocycles. The van der Waals surface area contributed by atoms with Crippen LogP contribution in [0.4, 0.5) is 5.82 Å². The molecule has 0 atom stereocenters. The van der Waals surface area contributed by atoms with Crippen LogP contribution < -0.4 is 20.3 Å². The maximum absolute atomic E-state index is 12.8. The Morgan fingerprint density at radius 3 is 2.66 bits per heavy atom. The number of methoxy groups -OCH3 is 2. The zero-order valence-electron chi connectivity index (χ0n) is 17.7. The van der Waals surface area contributed by atoms with Gasteiger partial charge in [-0.25, -0.2) is 4.98 Å². The lowest BCUT2D eigenvalue weighted by Gasteiger charge is -2.10. The number of carbonyl (C=O) groups is 1. The van der Waals surface area contributed by atoms with E-state index in [1.54, 1.807) is 50.4 Å². The van der Waals surface area contributed by atoms with Crippen LogP contribution in [0.3, 0.4) is 0 Å². The molecule has 1 amide bonds. The number of aromatic nitrogens is 4. The Balaban J connectivity index is 1.65. The van der Waals surface area contributed by atoms with Gasteiger partial charge in [-0.05, 0) is 36.8 Å². The maximum atomic E-state index is 12.8. The average molecular weight is 435 g/mol. The summed E-state index contributed by atoms with van der Waals surface area (Å²) in [6.45, 7) is 1.70. The van der Waals surface area contributed by atoms with E-state index < -0.39 is 0 Å². The molecule has 0 saturated heterocycles. The first kappa shape index (κ1) is 20.9. The molecule has 3 heterocycles. The number of nitrogens with zero attached hydrogens (tertiary/aromatic N) is 3. The highest BCUT2D eigenvalue weighted by Gasteiger charge is 2.17. The second-order valence-electron chi connectivity index (χ2n) is 6.93. The fraction of sp³-hybridized carbons (Fsp3) is 0.182. The summed E-state index contributed by atoms with van der Waals surface area (Å²) < 4.78 is 17.3. The van der Waals surface area contributed by atoms with Crippen LogP contribution in [-0.2, 0) is 11.2 Å². The minimum absolute atomic E-state index is 0.0827. The van der Waals surface area contributed by atoms with E-state index >= 15 is 0 Å². The summed E-state index contributed by atoms with van der Waals surface area (Å²) >= 11 is 0. The molecule has 164 valence electrons. The van der Waals surface area contributed by atoms with Crippen LogP contribution in [-0.4, -0.2) is 39.9 Å². The highest BCUT2D eigenvalue weighted by molar-refractivity contribution is 5.92. The van der Waals surface area contributed by atoms with Crippen molar-refractivity contribution in [2.45, 2.75) is 13.3 Å². The number of anilines is 1. The summed E-state index contributed by atoms with van der Waals surface area (Å²) in [5.41, 5.74) is 1.40. The number of furan rings is 1. The Morgan fingerprint density at radius 1 is 1.16 bits per heavy atom. The lowest BCUT2D eigenvalue weighted by atomic mass is 10.1. The predicted octanol–water partition coefficient (Wildman–Crippen LogP) is 2.72. The number of aromatic amines is 1. The Kier molecular flexibility index (Phi) is 5.75. The van der Waals surface area contributed by atoms with Gasteiger partial charge in [0.2, 0.25) is 11.9 Å². The molecule has 2 N–H and O–H groups in total.